The Bertz CT molecular complexity index is 1160. The third-order valence-electron chi connectivity index (χ3n) is 8.98. The second-order valence-electron chi connectivity index (χ2n) is 11.9. The van der Waals surface area contributed by atoms with E-state index in [-0.39, 0.29) is 23.9 Å². The zero-order valence-electron chi connectivity index (χ0n) is 23.0. The van der Waals surface area contributed by atoms with Crippen LogP contribution in [0.3, 0.4) is 0 Å². The number of amides is 1. The Labute approximate surface area is 233 Å². The second-order valence-corrected chi connectivity index (χ2v) is 11.9. The minimum atomic E-state index is -4.14. The summed E-state index contributed by atoms with van der Waals surface area (Å²) in [7, 11) is 0. The lowest BCUT2D eigenvalue weighted by atomic mass is 9.89. The van der Waals surface area contributed by atoms with Crippen LogP contribution in [0.15, 0.2) is 36.5 Å². The van der Waals surface area contributed by atoms with Crippen molar-refractivity contribution >= 4 is 11.7 Å². The van der Waals surface area contributed by atoms with Gasteiger partial charge >= 0.3 is 6.18 Å². The van der Waals surface area contributed by atoms with Gasteiger partial charge in [-0.2, -0.15) is 13.2 Å². The van der Waals surface area contributed by atoms with Crippen molar-refractivity contribution in [1.82, 2.24) is 20.1 Å². The van der Waals surface area contributed by atoms with E-state index in [2.05, 4.69) is 46.4 Å². The summed E-state index contributed by atoms with van der Waals surface area (Å²) in [5.74, 6) is 0.766. The fraction of sp³-hybridized carbons (Fsp3) is 0.600. The second kappa shape index (κ2) is 12.0. The van der Waals surface area contributed by atoms with Gasteiger partial charge in [0.15, 0.2) is 0 Å². The van der Waals surface area contributed by atoms with E-state index >= 15 is 0 Å². The van der Waals surface area contributed by atoms with Crippen molar-refractivity contribution in [2.45, 2.75) is 75.7 Å². The quantitative estimate of drug-likeness (QED) is 0.485. The highest BCUT2D eigenvalue weighted by Gasteiger charge is 2.38. The van der Waals surface area contributed by atoms with Gasteiger partial charge in [0.2, 0.25) is 0 Å². The molecule has 10 heteroatoms. The Balaban J connectivity index is 1.20. The molecule has 1 saturated carbocycles. The largest absolute Gasteiger partial charge is 0.401 e. The number of aliphatic hydroxyl groups is 1. The third kappa shape index (κ3) is 6.95. The monoisotopic (exact) mass is 559 g/mol. The van der Waals surface area contributed by atoms with E-state index < -0.39 is 12.7 Å². The number of pyridine rings is 1. The molecular weight excluding hydrogens is 519 g/mol. The third-order valence-corrected chi connectivity index (χ3v) is 8.98. The fourth-order valence-corrected chi connectivity index (χ4v) is 6.65. The Morgan fingerprint density at radius 2 is 1.73 bits per heavy atom. The zero-order chi connectivity index (χ0) is 28.4. The van der Waals surface area contributed by atoms with Crippen LogP contribution < -0.4 is 11.1 Å². The van der Waals surface area contributed by atoms with Gasteiger partial charge in [0.25, 0.3) is 5.91 Å². The first-order chi connectivity index (χ1) is 19.1. The molecule has 1 aromatic carbocycles. The lowest BCUT2D eigenvalue weighted by Crippen LogP contribution is -2.46. The Morgan fingerprint density at radius 1 is 1.05 bits per heavy atom. The minimum absolute atomic E-state index is 0.0265. The average molecular weight is 560 g/mol. The molecule has 0 unspecified atom stereocenters. The highest BCUT2D eigenvalue weighted by molar-refractivity contribution is 5.99. The van der Waals surface area contributed by atoms with Gasteiger partial charge in [0.05, 0.1) is 18.2 Å². The number of rotatable bonds is 6. The van der Waals surface area contributed by atoms with Crippen LogP contribution in [0.2, 0.25) is 0 Å². The molecule has 5 rings (SSSR count). The number of alkyl halides is 3. The smallest absolute Gasteiger partial charge is 0.393 e. The van der Waals surface area contributed by atoms with Gasteiger partial charge in [-0.25, -0.2) is 4.98 Å². The van der Waals surface area contributed by atoms with Gasteiger partial charge in [-0.1, -0.05) is 31.2 Å². The number of hydrogen-bond donors (Lipinski definition) is 3. The Hall–Kier alpha value is -2.69. The number of hydrogen-bond acceptors (Lipinski definition) is 6. The first-order valence-corrected chi connectivity index (χ1v) is 14.4. The number of carbonyl (C=O) groups is 1. The van der Waals surface area contributed by atoms with Crippen LogP contribution in [0, 0.1) is 5.92 Å². The molecule has 2 aliphatic heterocycles. The number of halogens is 3. The number of nitrogens with two attached hydrogens (primary N) is 1. The van der Waals surface area contributed by atoms with E-state index in [4.69, 9.17) is 5.73 Å². The number of likely N-dealkylation sites (tertiary alicyclic amines) is 2. The fourth-order valence-electron chi connectivity index (χ4n) is 6.65. The number of aliphatic hydroxyl groups excluding tert-OH is 1. The molecule has 4 N–H and O–H groups in total. The lowest BCUT2D eigenvalue weighted by molar-refractivity contribution is -0.148. The first kappa shape index (κ1) is 28.8. The van der Waals surface area contributed by atoms with E-state index in [1.165, 1.54) is 10.5 Å². The number of aromatic nitrogens is 1. The summed E-state index contributed by atoms with van der Waals surface area (Å²) in [6.07, 6.45) is 1.67. The van der Waals surface area contributed by atoms with Crippen molar-refractivity contribution in [3.8, 4) is 11.1 Å². The van der Waals surface area contributed by atoms with E-state index in [0.717, 1.165) is 49.9 Å². The molecule has 0 spiro atoms. The van der Waals surface area contributed by atoms with Crippen molar-refractivity contribution in [3.05, 3.63) is 47.7 Å². The maximum absolute atomic E-state index is 13.0. The number of benzene rings is 1. The molecule has 3 heterocycles. The topological polar surface area (TPSA) is 94.7 Å². The number of nitrogen functional groups attached to an aromatic ring is 1. The minimum Gasteiger partial charge on any atom is -0.393 e. The molecule has 7 nitrogen and oxygen atoms in total. The Kier molecular flexibility index (Phi) is 8.68. The molecule has 218 valence electrons. The van der Waals surface area contributed by atoms with Gasteiger partial charge in [-0.3, -0.25) is 14.6 Å². The van der Waals surface area contributed by atoms with E-state index in [1.807, 2.05) is 0 Å². The maximum atomic E-state index is 13.0. The Morgan fingerprint density at radius 3 is 2.38 bits per heavy atom. The highest BCUT2D eigenvalue weighted by Crippen LogP contribution is 2.36. The molecule has 0 bridgehead atoms. The lowest BCUT2D eigenvalue weighted by Gasteiger charge is -2.37. The molecular formula is C30H40F3N5O2. The summed E-state index contributed by atoms with van der Waals surface area (Å²) in [5.41, 5.74) is 9.42. The summed E-state index contributed by atoms with van der Waals surface area (Å²) in [6.45, 7) is 4.29. The predicted octanol–water partition coefficient (Wildman–Crippen LogP) is 4.43. The maximum Gasteiger partial charge on any atom is 0.401 e. The van der Waals surface area contributed by atoms with Crippen LogP contribution in [-0.2, 0) is 0 Å². The van der Waals surface area contributed by atoms with Crippen molar-refractivity contribution in [1.29, 1.82) is 0 Å². The van der Waals surface area contributed by atoms with E-state index in [1.54, 1.807) is 12.3 Å². The summed E-state index contributed by atoms with van der Waals surface area (Å²) in [4.78, 5) is 21.2. The molecule has 3 fully saturated rings. The molecule has 1 amide bonds. The standard InChI is InChI=1S/C30H40F3N5O2/c1-19-16-38(24-10-12-37(13-11-24)18-30(31,32)33)17-27(19)21-4-2-20(3-5-21)22-14-26(28(34)35-15-22)29(40)36-23-6-8-25(39)9-7-23/h2-5,14-15,19,23-25,27,39H,6-13,16-18H2,1H3,(H2,34,35)(H,36,40)/t19-,23?,25?,27-/m1/s1. The highest BCUT2D eigenvalue weighted by atomic mass is 19.4. The first-order valence-electron chi connectivity index (χ1n) is 14.4. The molecule has 0 radical (unpaired) electrons. The molecule has 1 aliphatic carbocycles. The molecule has 2 aromatic rings. The number of anilines is 1. The number of piperidine rings is 1. The van der Waals surface area contributed by atoms with Crippen molar-refractivity contribution in [2.75, 3.05) is 38.5 Å². The molecule has 3 aliphatic rings. The van der Waals surface area contributed by atoms with Gasteiger partial charge in [0.1, 0.15) is 5.82 Å². The van der Waals surface area contributed by atoms with E-state index in [0.29, 0.717) is 49.4 Å². The van der Waals surface area contributed by atoms with Crippen LogP contribution in [0.1, 0.15) is 67.3 Å². The summed E-state index contributed by atoms with van der Waals surface area (Å²) < 4.78 is 38.2. The predicted molar refractivity (Wildman–Crippen MR) is 149 cm³/mol. The van der Waals surface area contributed by atoms with Crippen molar-refractivity contribution < 1.29 is 23.1 Å². The zero-order valence-corrected chi connectivity index (χ0v) is 23.0. The van der Waals surface area contributed by atoms with Gasteiger partial charge < -0.3 is 16.2 Å². The van der Waals surface area contributed by atoms with Crippen LogP contribution in [0.5, 0.6) is 0 Å². The number of carbonyl (C=O) groups excluding carboxylic acids is 1. The van der Waals surface area contributed by atoms with Crippen LogP contribution in [0.4, 0.5) is 19.0 Å². The summed E-state index contributed by atoms with van der Waals surface area (Å²) in [5, 5.41) is 12.8. The summed E-state index contributed by atoms with van der Waals surface area (Å²) in [6, 6.07) is 10.5. The summed E-state index contributed by atoms with van der Waals surface area (Å²) >= 11 is 0. The van der Waals surface area contributed by atoms with Crippen LogP contribution in [0.25, 0.3) is 11.1 Å². The van der Waals surface area contributed by atoms with Gasteiger partial charge in [-0.15, -0.1) is 0 Å². The SMILES string of the molecule is C[C@@H]1CN(C2CCN(CC(F)(F)F)CC2)C[C@H]1c1ccc(-c2cnc(N)c(C(=O)NC3CCC(O)CC3)c2)cc1. The molecule has 2 saturated heterocycles. The molecule has 2 atom stereocenters. The number of nitrogens with zero attached hydrogens (tertiary/aromatic N) is 3. The normalized spacial score (nSPS) is 27.1. The number of nitrogens with one attached hydrogen (secondary N) is 1. The van der Waals surface area contributed by atoms with Crippen LogP contribution in [-0.4, -0.2) is 82.9 Å². The average Bonchev–Trinajstić information content (AvgIpc) is 3.31. The van der Waals surface area contributed by atoms with Gasteiger partial charge in [0, 0.05) is 42.9 Å². The molecule has 40 heavy (non-hydrogen) atoms. The van der Waals surface area contributed by atoms with E-state index in [9.17, 15) is 23.1 Å². The van der Waals surface area contributed by atoms with Crippen LogP contribution >= 0.6 is 0 Å². The molecule has 1 aromatic heterocycles. The van der Waals surface area contributed by atoms with Gasteiger partial charge in [-0.05, 0) is 74.7 Å². The van der Waals surface area contributed by atoms with Crippen molar-refractivity contribution in [2.24, 2.45) is 5.92 Å². The van der Waals surface area contributed by atoms with Crippen molar-refractivity contribution in [3.63, 3.8) is 0 Å².